The van der Waals surface area contributed by atoms with Gasteiger partial charge in [-0.2, -0.15) is 0 Å². The number of carboxylic acid groups (broad SMARTS) is 1. The number of hydrogen-bond donors (Lipinski definition) is 2. The van der Waals surface area contributed by atoms with Gasteiger partial charge in [0.1, 0.15) is 12.4 Å². The molecule has 1 saturated heterocycles. The molecule has 1 fully saturated rings. The number of amides is 1. The summed E-state index contributed by atoms with van der Waals surface area (Å²) < 4.78 is 23.6. The van der Waals surface area contributed by atoms with Gasteiger partial charge in [-0.25, -0.2) is 9.18 Å². The van der Waals surface area contributed by atoms with Crippen LogP contribution in [0.4, 0.5) is 4.39 Å². The molecule has 8 heteroatoms. The largest absolute Gasteiger partial charge is 0.480 e. The highest BCUT2D eigenvalue weighted by molar-refractivity contribution is 5.78. The lowest BCUT2D eigenvalue weighted by molar-refractivity contribution is -0.148. The molecule has 1 amide bonds. The van der Waals surface area contributed by atoms with E-state index in [9.17, 15) is 14.0 Å². The standard InChI is InChI=1S/C17H23FN2O5/c1-20(8-12-2-4-13(18)5-3-12)9-16(21)19-14-10-24-7-6-15(14)25-11-17(22)23/h2-5,14-15H,6-11H2,1H3,(H,19,21)(H,22,23)/t14-,15+/m1/s1. The highest BCUT2D eigenvalue weighted by Crippen LogP contribution is 2.12. The summed E-state index contributed by atoms with van der Waals surface area (Å²) in [5.41, 5.74) is 0.903. The topological polar surface area (TPSA) is 88.1 Å². The van der Waals surface area contributed by atoms with Crippen molar-refractivity contribution >= 4 is 11.9 Å². The Morgan fingerprint density at radius 2 is 2.12 bits per heavy atom. The van der Waals surface area contributed by atoms with Crippen molar-refractivity contribution < 1.29 is 28.6 Å². The fraction of sp³-hybridized carbons (Fsp3) is 0.529. The quantitative estimate of drug-likeness (QED) is 0.712. The van der Waals surface area contributed by atoms with Crippen molar-refractivity contribution in [1.29, 1.82) is 0 Å². The number of carbonyl (C=O) groups excluding carboxylic acids is 1. The number of rotatable bonds is 8. The summed E-state index contributed by atoms with van der Waals surface area (Å²) in [6.45, 7) is 1.02. The lowest BCUT2D eigenvalue weighted by Crippen LogP contribution is -2.52. The van der Waals surface area contributed by atoms with Crippen LogP contribution in [0.5, 0.6) is 0 Å². The van der Waals surface area contributed by atoms with Crippen LogP contribution in [0.25, 0.3) is 0 Å². The Hall–Kier alpha value is -2.03. The molecule has 2 N–H and O–H groups in total. The molecule has 1 aromatic rings. The molecule has 1 aliphatic heterocycles. The maximum absolute atomic E-state index is 12.9. The lowest BCUT2D eigenvalue weighted by atomic mass is 10.1. The van der Waals surface area contributed by atoms with Crippen LogP contribution in [-0.4, -0.2) is 67.4 Å². The van der Waals surface area contributed by atoms with Gasteiger partial charge in [0, 0.05) is 13.2 Å². The number of likely N-dealkylation sites (N-methyl/N-ethyl adjacent to an activating group) is 1. The summed E-state index contributed by atoms with van der Waals surface area (Å²) in [5.74, 6) is -1.55. The van der Waals surface area contributed by atoms with E-state index >= 15 is 0 Å². The van der Waals surface area contributed by atoms with Gasteiger partial charge in [-0.1, -0.05) is 12.1 Å². The highest BCUT2D eigenvalue weighted by Gasteiger charge is 2.28. The minimum atomic E-state index is -1.05. The van der Waals surface area contributed by atoms with Crippen molar-refractivity contribution in [3.05, 3.63) is 35.6 Å². The number of aliphatic carboxylic acids is 1. The maximum atomic E-state index is 12.9. The molecule has 0 unspecified atom stereocenters. The Balaban J connectivity index is 1.80. The van der Waals surface area contributed by atoms with E-state index in [1.165, 1.54) is 12.1 Å². The summed E-state index contributed by atoms with van der Waals surface area (Å²) in [4.78, 5) is 24.7. The van der Waals surface area contributed by atoms with Crippen LogP contribution in [0, 0.1) is 5.82 Å². The van der Waals surface area contributed by atoms with Gasteiger partial charge in [-0.3, -0.25) is 9.69 Å². The van der Waals surface area contributed by atoms with Crippen molar-refractivity contribution in [2.45, 2.75) is 25.1 Å². The second-order valence-corrected chi connectivity index (χ2v) is 6.08. The van der Waals surface area contributed by atoms with E-state index in [2.05, 4.69) is 5.32 Å². The van der Waals surface area contributed by atoms with Gasteiger partial charge in [0.15, 0.2) is 0 Å². The van der Waals surface area contributed by atoms with Gasteiger partial charge >= 0.3 is 5.97 Å². The Bertz CT molecular complexity index is 581. The molecule has 0 radical (unpaired) electrons. The monoisotopic (exact) mass is 354 g/mol. The van der Waals surface area contributed by atoms with Crippen LogP contribution < -0.4 is 5.32 Å². The van der Waals surface area contributed by atoms with E-state index in [1.807, 2.05) is 0 Å². The average Bonchev–Trinajstić information content (AvgIpc) is 2.56. The van der Waals surface area contributed by atoms with Gasteiger partial charge in [0.05, 0.1) is 25.3 Å². The normalized spacial score (nSPS) is 20.4. The Kier molecular flexibility index (Phi) is 7.30. The molecule has 1 aliphatic rings. The average molecular weight is 354 g/mol. The van der Waals surface area contributed by atoms with Gasteiger partial charge in [-0.05, 0) is 31.2 Å². The SMILES string of the molecule is CN(CC(=O)N[C@@H]1COCC[C@@H]1OCC(=O)O)Cc1ccc(F)cc1. The Morgan fingerprint density at radius 1 is 1.40 bits per heavy atom. The second-order valence-electron chi connectivity index (χ2n) is 6.08. The van der Waals surface area contributed by atoms with Crippen molar-refractivity contribution in [3.63, 3.8) is 0 Å². The number of ether oxygens (including phenoxy) is 2. The third-order valence-electron chi connectivity index (χ3n) is 3.84. The molecule has 2 rings (SSSR count). The number of carbonyl (C=O) groups is 2. The molecule has 7 nitrogen and oxygen atoms in total. The van der Waals surface area contributed by atoms with Crippen LogP contribution in [0.3, 0.4) is 0 Å². The first-order chi connectivity index (χ1) is 11.9. The number of benzene rings is 1. The third kappa shape index (κ3) is 6.77. The van der Waals surface area contributed by atoms with Crippen molar-refractivity contribution in [2.75, 3.05) is 33.4 Å². The van der Waals surface area contributed by atoms with Gasteiger partial charge in [-0.15, -0.1) is 0 Å². The molecule has 0 spiro atoms. The number of nitrogens with one attached hydrogen (secondary N) is 1. The minimum absolute atomic E-state index is 0.152. The van der Waals surface area contributed by atoms with E-state index in [1.54, 1.807) is 24.1 Å². The summed E-state index contributed by atoms with van der Waals surface area (Å²) in [6, 6.07) is 5.74. The molecule has 1 heterocycles. The van der Waals surface area contributed by atoms with Gasteiger partial charge in [0.25, 0.3) is 0 Å². The predicted octanol–water partition coefficient (Wildman–Crippen LogP) is 0.632. The molecule has 25 heavy (non-hydrogen) atoms. The molecule has 2 atom stereocenters. The van der Waals surface area contributed by atoms with E-state index in [0.29, 0.717) is 19.6 Å². The van der Waals surface area contributed by atoms with Crippen LogP contribution in [-0.2, 0) is 25.6 Å². The molecule has 0 aliphatic carbocycles. The molecular formula is C17H23FN2O5. The van der Waals surface area contributed by atoms with E-state index < -0.39 is 12.6 Å². The van der Waals surface area contributed by atoms with Crippen molar-refractivity contribution in [1.82, 2.24) is 10.2 Å². The zero-order valence-electron chi connectivity index (χ0n) is 14.1. The van der Waals surface area contributed by atoms with Crippen molar-refractivity contribution in [3.8, 4) is 0 Å². The first-order valence-corrected chi connectivity index (χ1v) is 8.07. The third-order valence-corrected chi connectivity index (χ3v) is 3.84. The van der Waals surface area contributed by atoms with Crippen LogP contribution in [0.1, 0.15) is 12.0 Å². The predicted molar refractivity (Wildman–Crippen MR) is 87.5 cm³/mol. The lowest BCUT2D eigenvalue weighted by Gasteiger charge is -2.32. The first-order valence-electron chi connectivity index (χ1n) is 8.07. The fourth-order valence-corrected chi connectivity index (χ4v) is 2.69. The summed E-state index contributed by atoms with van der Waals surface area (Å²) in [6.07, 6.45) is 0.153. The second kappa shape index (κ2) is 9.45. The zero-order valence-corrected chi connectivity index (χ0v) is 14.1. The Morgan fingerprint density at radius 3 is 2.80 bits per heavy atom. The summed E-state index contributed by atoms with van der Waals surface area (Å²) in [5, 5.41) is 11.5. The minimum Gasteiger partial charge on any atom is -0.480 e. The number of halogens is 1. The molecule has 138 valence electrons. The van der Waals surface area contributed by atoms with E-state index in [4.69, 9.17) is 14.6 Å². The van der Waals surface area contributed by atoms with Gasteiger partial charge in [0.2, 0.25) is 5.91 Å². The summed E-state index contributed by atoms with van der Waals surface area (Å²) in [7, 11) is 1.79. The first kappa shape index (κ1) is 19.3. The zero-order chi connectivity index (χ0) is 18.2. The highest BCUT2D eigenvalue weighted by atomic mass is 19.1. The number of carboxylic acids is 1. The van der Waals surface area contributed by atoms with Crippen LogP contribution in [0.15, 0.2) is 24.3 Å². The Labute approximate surface area is 145 Å². The number of nitrogens with zero attached hydrogens (tertiary/aromatic N) is 1. The maximum Gasteiger partial charge on any atom is 0.329 e. The molecule has 1 aromatic carbocycles. The van der Waals surface area contributed by atoms with E-state index in [0.717, 1.165) is 5.56 Å². The smallest absolute Gasteiger partial charge is 0.329 e. The summed E-state index contributed by atoms with van der Waals surface area (Å²) >= 11 is 0. The van der Waals surface area contributed by atoms with Crippen LogP contribution >= 0.6 is 0 Å². The van der Waals surface area contributed by atoms with E-state index in [-0.39, 0.29) is 37.0 Å². The molecule has 0 aromatic heterocycles. The molecular weight excluding hydrogens is 331 g/mol. The van der Waals surface area contributed by atoms with Crippen molar-refractivity contribution in [2.24, 2.45) is 0 Å². The van der Waals surface area contributed by atoms with Crippen LogP contribution in [0.2, 0.25) is 0 Å². The fourth-order valence-electron chi connectivity index (χ4n) is 2.69. The number of hydrogen-bond acceptors (Lipinski definition) is 5. The molecule has 0 bridgehead atoms. The van der Waals surface area contributed by atoms with Gasteiger partial charge < -0.3 is 19.9 Å². The molecule has 0 saturated carbocycles.